The van der Waals surface area contributed by atoms with Crippen LogP contribution in [-0.4, -0.2) is 76.0 Å². The molecule has 4 aromatic carbocycles. The maximum atomic E-state index is 15.5. The molecular formula is C43H45N5O6. The normalized spacial score (nSPS) is 20.6. The number of carbonyl (C=O) groups is 2. The standard InChI is InChI=1S/C43H45N5O6/c1-43(2)53-39-36(23-29-12-7-5-8-13-29)47(27-31-16-11-17-33(20-31)41(49)46-38-26-44-18-19-45-38)42(50)48(28-32-21-34(51-3)25-35(22-32)52-4)37(40(39)54-43)24-30-14-9-6-10-15-30/h5-22,25-26,36-37,39-40H,23-24,27-28H2,1-4H3,(H,45,46,49)/t36-,37-,39+,40+/m1/s1. The number of amides is 3. The van der Waals surface area contributed by atoms with E-state index < -0.39 is 30.1 Å². The highest BCUT2D eigenvalue weighted by Crippen LogP contribution is 2.41. The quantitative estimate of drug-likeness (QED) is 0.147. The van der Waals surface area contributed by atoms with E-state index in [0.29, 0.717) is 35.7 Å². The van der Waals surface area contributed by atoms with Crippen molar-refractivity contribution in [1.82, 2.24) is 19.8 Å². The lowest BCUT2D eigenvalue weighted by atomic mass is 9.91. The van der Waals surface area contributed by atoms with Gasteiger partial charge in [-0.25, -0.2) is 9.78 Å². The lowest BCUT2D eigenvalue weighted by molar-refractivity contribution is -0.157. The fourth-order valence-electron chi connectivity index (χ4n) is 7.46. The van der Waals surface area contributed by atoms with Crippen molar-refractivity contribution in [3.8, 4) is 11.5 Å². The molecule has 7 rings (SSSR count). The highest BCUT2D eigenvalue weighted by atomic mass is 16.8. The minimum atomic E-state index is -0.908. The lowest BCUT2D eigenvalue weighted by Crippen LogP contribution is -2.51. The van der Waals surface area contributed by atoms with Gasteiger partial charge in [0, 0.05) is 37.1 Å². The number of methoxy groups -OCH3 is 2. The van der Waals surface area contributed by atoms with Crippen LogP contribution in [0.1, 0.15) is 46.5 Å². The van der Waals surface area contributed by atoms with E-state index in [2.05, 4.69) is 39.6 Å². The number of rotatable bonds is 12. The number of benzene rings is 4. The van der Waals surface area contributed by atoms with E-state index in [0.717, 1.165) is 22.3 Å². The predicted octanol–water partition coefficient (Wildman–Crippen LogP) is 6.93. The van der Waals surface area contributed by atoms with Gasteiger partial charge in [-0.3, -0.25) is 9.78 Å². The second-order valence-corrected chi connectivity index (χ2v) is 14.1. The van der Waals surface area contributed by atoms with Crippen molar-refractivity contribution in [2.24, 2.45) is 0 Å². The molecule has 0 radical (unpaired) electrons. The molecule has 2 saturated heterocycles. The van der Waals surface area contributed by atoms with Crippen LogP contribution in [0.2, 0.25) is 0 Å². The fraction of sp³-hybridized carbons (Fsp3) is 0.302. The monoisotopic (exact) mass is 727 g/mol. The molecule has 11 heteroatoms. The smallest absolute Gasteiger partial charge is 0.321 e. The van der Waals surface area contributed by atoms with Crippen molar-refractivity contribution in [3.05, 3.63) is 150 Å². The van der Waals surface area contributed by atoms with Crippen LogP contribution in [0.25, 0.3) is 0 Å². The van der Waals surface area contributed by atoms with Gasteiger partial charge >= 0.3 is 6.03 Å². The summed E-state index contributed by atoms with van der Waals surface area (Å²) in [6.07, 6.45) is 4.67. The van der Waals surface area contributed by atoms with E-state index in [1.165, 1.54) is 12.4 Å². The number of carbonyl (C=O) groups excluding carboxylic acids is 2. The van der Waals surface area contributed by atoms with Crippen LogP contribution in [0.15, 0.2) is 122 Å². The maximum Gasteiger partial charge on any atom is 0.321 e. The number of fused-ring (bicyclic) bond motifs is 1. The average Bonchev–Trinajstić information content (AvgIpc) is 3.49. The van der Waals surface area contributed by atoms with Crippen molar-refractivity contribution in [1.29, 1.82) is 0 Å². The van der Waals surface area contributed by atoms with Gasteiger partial charge in [0.25, 0.3) is 5.91 Å². The molecular weight excluding hydrogens is 683 g/mol. The molecule has 2 aliphatic rings. The molecule has 0 spiro atoms. The molecule has 0 saturated carbocycles. The van der Waals surface area contributed by atoms with Gasteiger partial charge in [0.15, 0.2) is 11.6 Å². The predicted molar refractivity (Wildman–Crippen MR) is 204 cm³/mol. The van der Waals surface area contributed by atoms with Crippen LogP contribution < -0.4 is 14.8 Å². The number of ether oxygens (including phenoxy) is 4. The third-order valence-electron chi connectivity index (χ3n) is 9.90. The minimum absolute atomic E-state index is 0.174. The number of nitrogens with zero attached hydrogens (tertiary/aromatic N) is 4. The zero-order valence-corrected chi connectivity index (χ0v) is 30.9. The van der Waals surface area contributed by atoms with Gasteiger partial charge in [-0.05, 0) is 73.2 Å². The molecule has 54 heavy (non-hydrogen) atoms. The number of nitrogens with one attached hydrogen (secondary N) is 1. The summed E-state index contributed by atoms with van der Waals surface area (Å²) in [6.45, 7) is 4.34. The first kappa shape index (κ1) is 36.6. The largest absolute Gasteiger partial charge is 0.497 e. The molecule has 3 amide bonds. The SMILES string of the molecule is COc1cc(CN2C(=O)N(Cc3cccc(C(=O)Nc4cnccn4)c3)[C@H](Cc3ccccc3)[C@@H]3OC(C)(C)O[C@H]3[C@H]2Cc2ccccc2)cc(OC)c1. The number of hydrogen-bond acceptors (Lipinski definition) is 8. The maximum absolute atomic E-state index is 15.5. The van der Waals surface area contributed by atoms with Crippen molar-refractivity contribution in [2.75, 3.05) is 19.5 Å². The third-order valence-corrected chi connectivity index (χ3v) is 9.90. The van der Waals surface area contributed by atoms with E-state index in [-0.39, 0.29) is 25.0 Å². The summed E-state index contributed by atoms with van der Waals surface area (Å²) >= 11 is 0. The van der Waals surface area contributed by atoms with Crippen LogP contribution in [0.4, 0.5) is 10.6 Å². The summed E-state index contributed by atoms with van der Waals surface area (Å²) in [4.78, 5) is 40.9. The summed E-state index contributed by atoms with van der Waals surface area (Å²) in [5.74, 6) is 0.363. The Balaban J connectivity index is 1.33. The zero-order valence-electron chi connectivity index (χ0n) is 30.9. The van der Waals surface area contributed by atoms with Gasteiger partial charge < -0.3 is 34.1 Å². The molecule has 3 heterocycles. The van der Waals surface area contributed by atoms with E-state index in [9.17, 15) is 4.79 Å². The Hall–Kier alpha value is -5.78. The first-order chi connectivity index (χ1) is 26.2. The van der Waals surface area contributed by atoms with Crippen molar-refractivity contribution >= 4 is 17.8 Å². The Kier molecular flexibility index (Phi) is 10.9. The summed E-state index contributed by atoms with van der Waals surface area (Å²) < 4.78 is 24.9. The van der Waals surface area contributed by atoms with Gasteiger partial charge in [-0.15, -0.1) is 0 Å². The number of hydrogen-bond donors (Lipinski definition) is 1. The Bertz CT molecular complexity index is 2030. The summed E-state index contributed by atoms with van der Waals surface area (Å²) in [5, 5.41) is 2.81. The minimum Gasteiger partial charge on any atom is -0.497 e. The summed E-state index contributed by atoms with van der Waals surface area (Å²) in [6, 6.07) is 32.3. The van der Waals surface area contributed by atoms with Gasteiger partial charge in [0.2, 0.25) is 0 Å². The zero-order chi connectivity index (χ0) is 37.7. The fourth-order valence-corrected chi connectivity index (χ4v) is 7.46. The van der Waals surface area contributed by atoms with E-state index in [1.54, 1.807) is 26.5 Å². The average molecular weight is 728 g/mol. The van der Waals surface area contributed by atoms with Crippen molar-refractivity contribution < 1.29 is 28.5 Å². The van der Waals surface area contributed by atoms with Crippen LogP contribution in [-0.2, 0) is 35.4 Å². The molecule has 2 fully saturated rings. The second kappa shape index (κ2) is 16.1. The van der Waals surface area contributed by atoms with Gasteiger partial charge in [0.1, 0.15) is 23.7 Å². The molecule has 11 nitrogen and oxygen atoms in total. The van der Waals surface area contributed by atoms with Crippen LogP contribution in [0, 0.1) is 0 Å². The molecule has 4 atom stereocenters. The van der Waals surface area contributed by atoms with E-state index >= 15 is 4.79 Å². The number of aromatic nitrogens is 2. The third kappa shape index (κ3) is 8.38. The first-order valence-corrected chi connectivity index (χ1v) is 18.1. The van der Waals surface area contributed by atoms with Gasteiger partial charge in [0.05, 0.1) is 32.5 Å². The molecule has 0 aliphatic carbocycles. The highest BCUT2D eigenvalue weighted by molar-refractivity contribution is 6.03. The molecule has 1 aromatic heterocycles. The van der Waals surface area contributed by atoms with Crippen LogP contribution >= 0.6 is 0 Å². The molecule has 0 bridgehead atoms. The lowest BCUT2D eigenvalue weighted by Gasteiger charge is -2.37. The number of anilines is 1. The van der Waals surface area contributed by atoms with Crippen LogP contribution in [0.3, 0.4) is 0 Å². The number of urea groups is 1. The van der Waals surface area contributed by atoms with Crippen molar-refractivity contribution in [2.45, 2.75) is 69.9 Å². The molecule has 278 valence electrons. The Labute approximate surface area is 315 Å². The van der Waals surface area contributed by atoms with E-state index in [1.807, 2.05) is 96.4 Å². The van der Waals surface area contributed by atoms with Gasteiger partial charge in [-0.1, -0.05) is 72.8 Å². The first-order valence-electron chi connectivity index (χ1n) is 18.1. The van der Waals surface area contributed by atoms with Crippen molar-refractivity contribution in [3.63, 3.8) is 0 Å². The van der Waals surface area contributed by atoms with Crippen LogP contribution in [0.5, 0.6) is 11.5 Å². The second-order valence-electron chi connectivity index (χ2n) is 14.1. The molecule has 1 N–H and O–H groups in total. The molecule has 5 aromatic rings. The molecule has 2 aliphatic heterocycles. The van der Waals surface area contributed by atoms with Gasteiger partial charge in [-0.2, -0.15) is 0 Å². The molecule has 0 unspecified atom stereocenters. The Morgan fingerprint density at radius 3 is 1.81 bits per heavy atom. The Morgan fingerprint density at radius 2 is 1.28 bits per heavy atom. The van der Waals surface area contributed by atoms with E-state index in [4.69, 9.17) is 18.9 Å². The summed E-state index contributed by atoms with van der Waals surface area (Å²) in [5.41, 5.74) is 4.20. The highest BCUT2D eigenvalue weighted by Gasteiger charge is 2.55. The topological polar surface area (TPSA) is 115 Å². The summed E-state index contributed by atoms with van der Waals surface area (Å²) in [7, 11) is 3.23. The Morgan fingerprint density at radius 1 is 0.722 bits per heavy atom.